The molecule has 2 heterocycles. The molecular weight excluding hydrogens is 411 g/mol. The number of hydrogen-bond acceptors (Lipinski definition) is 6. The number of nitrogens with zero attached hydrogens (tertiary/aromatic N) is 1. The summed E-state index contributed by atoms with van der Waals surface area (Å²) in [6, 6.07) is 0.667. The number of carbonyl (C=O) groups excluding carboxylic acids is 2. The van der Waals surface area contributed by atoms with Crippen molar-refractivity contribution in [2.75, 3.05) is 7.05 Å². The van der Waals surface area contributed by atoms with Gasteiger partial charge in [-0.05, 0) is 13.8 Å². The molecule has 0 aliphatic heterocycles. The van der Waals surface area contributed by atoms with Crippen molar-refractivity contribution < 1.29 is 32.2 Å². The van der Waals surface area contributed by atoms with E-state index in [1.165, 1.54) is 12.4 Å². The smallest absolute Gasteiger partial charge is 0.418 e. The summed E-state index contributed by atoms with van der Waals surface area (Å²) in [7, 11) is 1.39. The number of nitrogens with one attached hydrogen (secondary N) is 2. The van der Waals surface area contributed by atoms with Crippen molar-refractivity contribution in [2.45, 2.75) is 51.1 Å². The Labute approximate surface area is 168 Å². The van der Waals surface area contributed by atoms with E-state index in [0.717, 1.165) is 17.4 Å². The number of carbonyl (C=O) groups is 2. The number of hydrogen-bond donors (Lipinski definition) is 2. The Hall–Kier alpha value is -2.56. The third-order valence-electron chi connectivity index (χ3n) is 4.32. The standard InChI is InChI=1S/C18H20F3N3O4S/c1-8(2)27-17(26)23-9-4-10(5-9)28-13-6-12(18(19,20)21)15-14(24-13)11(7-29-15)16(25)22-3/h6-10H,4-5H2,1-3H3,(H,22,25)(H,23,26). The zero-order chi connectivity index (χ0) is 21.3. The molecule has 2 N–H and O–H groups in total. The van der Waals surface area contributed by atoms with E-state index in [-0.39, 0.29) is 33.8 Å². The first-order chi connectivity index (χ1) is 13.6. The Morgan fingerprint density at radius 2 is 2.00 bits per heavy atom. The van der Waals surface area contributed by atoms with Gasteiger partial charge in [0.15, 0.2) is 0 Å². The van der Waals surface area contributed by atoms with Crippen LogP contribution < -0.4 is 15.4 Å². The second-order valence-corrected chi connectivity index (χ2v) is 7.80. The number of amides is 2. The van der Waals surface area contributed by atoms with Crippen LogP contribution in [0.25, 0.3) is 10.2 Å². The van der Waals surface area contributed by atoms with Gasteiger partial charge in [-0.3, -0.25) is 4.79 Å². The van der Waals surface area contributed by atoms with Crippen molar-refractivity contribution in [1.29, 1.82) is 0 Å². The number of pyridine rings is 1. The minimum atomic E-state index is -4.62. The SMILES string of the molecule is CNC(=O)c1csc2c(C(F)(F)F)cc(OC3CC(NC(=O)OC(C)C)C3)nc12. The minimum absolute atomic E-state index is 0.0475. The number of fused-ring (bicyclic) bond motifs is 1. The number of thiophene rings is 1. The highest BCUT2D eigenvalue weighted by Crippen LogP contribution is 2.40. The van der Waals surface area contributed by atoms with Gasteiger partial charge in [-0.1, -0.05) is 0 Å². The van der Waals surface area contributed by atoms with Crippen LogP contribution in [0.15, 0.2) is 11.4 Å². The third kappa shape index (κ3) is 4.72. The first kappa shape index (κ1) is 21.2. The largest absolute Gasteiger partial charge is 0.474 e. The fourth-order valence-corrected chi connectivity index (χ4v) is 3.94. The van der Waals surface area contributed by atoms with E-state index in [9.17, 15) is 22.8 Å². The second kappa shape index (κ2) is 8.05. The van der Waals surface area contributed by atoms with Crippen LogP contribution in [0.4, 0.5) is 18.0 Å². The molecule has 1 aliphatic rings. The molecule has 0 saturated heterocycles. The minimum Gasteiger partial charge on any atom is -0.474 e. The summed E-state index contributed by atoms with van der Waals surface area (Å²) in [5, 5.41) is 6.40. The summed E-state index contributed by atoms with van der Waals surface area (Å²) < 4.78 is 50.9. The van der Waals surface area contributed by atoms with Crippen LogP contribution in [0.3, 0.4) is 0 Å². The zero-order valence-electron chi connectivity index (χ0n) is 15.9. The Morgan fingerprint density at radius 3 is 2.59 bits per heavy atom. The van der Waals surface area contributed by atoms with Gasteiger partial charge >= 0.3 is 12.3 Å². The summed E-state index contributed by atoms with van der Waals surface area (Å²) in [5.41, 5.74) is -0.881. The van der Waals surface area contributed by atoms with E-state index < -0.39 is 29.8 Å². The van der Waals surface area contributed by atoms with Crippen LogP contribution in [0.2, 0.25) is 0 Å². The van der Waals surface area contributed by atoms with E-state index in [1.807, 2.05) is 0 Å². The Morgan fingerprint density at radius 1 is 1.31 bits per heavy atom. The lowest BCUT2D eigenvalue weighted by atomic mass is 9.89. The van der Waals surface area contributed by atoms with Gasteiger partial charge in [0.25, 0.3) is 5.91 Å². The van der Waals surface area contributed by atoms with Gasteiger partial charge in [-0.2, -0.15) is 13.2 Å². The number of ether oxygens (including phenoxy) is 2. The van der Waals surface area contributed by atoms with Crippen LogP contribution in [0.1, 0.15) is 42.6 Å². The van der Waals surface area contributed by atoms with Gasteiger partial charge in [-0.25, -0.2) is 9.78 Å². The topological polar surface area (TPSA) is 89.6 Å². The molecule has 0 aromatic carbocycles. The predicted octanol–water partition coefficient (Wildman–Crippen LogP) is 3.72. The molecule has 7 nitrogen and oxygen atoms in total. The van der Waals surface area contributed by atoms with Crippen LogP contribution in [-0.2, 0) is 10.9 Å². The van der Waals surface area contributed by atoms with Crippen molar-refractivity contribution >= 4 is 33.6 Å². The molecule has 2 aromatic rings. The molecule has 0 atom stereocenters. The highest BCUT2D eigenvalue weighted by molar-refractivity contribution is 7.17. The van der Waals surface area contributed by atoms with E-state index in [4.69, 9.17) is 9.47 Å². The highest BCUT2D eigenvalue weighted by atomic mass is 32.1. The average molecular weight is 431 g/mol. The fourth-order valence-electron chi connectivity index (χ4n) is 2.92. The number of rotatable bonds is 5. The Balaban J connectivity index is 1.76. The molecule has 29 heavy (non-hydrogen) atoms. The van der Waals surface area contributed by atoms with E-state index in [2.05, 4.69) is 15.6 Å². The molecule has 0 bridgehead atoms. The van der Waals surface area contributed by atoms with Gasteiger partial charge in [0, 0.05) is 37.4 Å². The van der Waals surface area contributed by atoms with Crippen LogP contribution >= 0.6 is 11.3 Å². The zero-order valence-corrected chi connectivity index (χ0v) is 16.7. The number of alkyl carbamates (subject to hydrolysis) is 1. The summed E-state index contributed by atoms with van der Waals surface area (Å²) in [6.07, 6.45) is -4.98. The first-order valence-corrected chi connectivity index (χ1v) is 9.81. The van der Waals surface area contributed by atoms with Crippen molar-refractivity contribution in [3.8, 4) is 5.88 Å². The van der Waals surface area contributed by atoms with Gasteiger partial charge < -0.3 is 20.1 Å². The molecule has 1 saturated carbocycles. The van der Waals surface area contributed by atoms with E-state index in [1.54, 1.807) is 13.8 Å². The first-order valence-electron chi connectivity index (χ1n) is 8.93. The van der Waals surface area contributed by atoms with E-state index >= 15 is 0 Å². The molecule has 1 fully saturated rings. The molecule has 158 valence electrons. The maximum Gasteiger partial charge on any atom is 0.418 e. The van der Waals surface area contributed by atoms with Crippen molar-refractivity contribution in [3.05, 3.63) is 22.6 Å². The fraction of sp³-hybridized carbons (Fsp3) is 0.500. The molecule has 0 spiro atoms. The normalized spacial score (nSPS) is 19.0. The lowest BCUT2D eigenvalue weighted by Gasteiger charge is -2.35. The van der Waals surface area contributed by atoms with Crippen LogP contribution in [0, 0.1) is 0 Å². The summed E-state index contributed by atoms with van der Waals surface area (Å²) >= 11 is 0.810. The van der Waals surface area contributed by atoms with Crippen LogP contribution in [-0.4, -0.2) is 42.3 Å². The lowest BCUT2D eigenvalue weighted by molar-refractivity contribution is -0.136. The number of aromatic nitrogens is 1. The van der Waals surface area contributed by atoms with Gasteiger partial charge in [0.05, 0.1) is 27.4 Å². The Kier molecular flexibility index (Phi) is 5.87. The monoisotopic (exact) mass is 431 g/mol. The second-order valence-electron chi connectivity index (χ2n) is 6.92. The third-order valence-corrected chi connectivity index (χ3v) is 5.33. The van der Waals surface area contributed by atoms with Gasteiger partial charge in [-0.15, -0.1) is 11.3 Å². The number of halogens is 3. The maximum absolute atomic E-state index is 13.5. The predicted molar refractivity (Wildman–Crippen MR) is 100 cm³/mol. The molecule has 0 radical (unpaired) electrons. The summed E-state index contributed by atoms with van der Waals surface area (Å²) in [6.45, 7) is 3.45. The molecule has 11 heteroatoms. The van der Waals surface area contributed by atoms with E-state index in [0.29, 0.717) is 12.8 Å². The highest BCUT2D eigenvalue weighted by Gasteiger charge is 2.37. The molecule has 2 amide bonds. The maximum atomic E-state index is 13.5. The summed E-state index contributed by atoms with van der Waals surface area (Å²) in [5.74, 6) is -0.729. The van der Waals surface area contributed by atoms with Gasteiger partial charge in [0.2, 0.25) is 5.88 Å². The molecule has 2 aromatic heterocycles. The summed E-state index contributed by atoms with van der Waals surface area (Å²) in [4.78, 5) is 27.7. The lowest BCUT2D eigenvalue weighted by Crippen LogP contribution is -2.49. The van der Waals surface area contributed by atoms with Crippen molar-refractivity contribution in [3.63, 3.8) is 0 Å². The van der Waals surface area contributed by atoms with Crippen molar-refractivity contribution in [1.82, 2.24) is 15.6 Å². The molecule has 0 unspecified atom stereocenters. The quantitative estimate of drug-likeness (QED) is 0.753. The van der Waals surface area contributed by atoms with Crippen LogP contribution in [0.5, 0.6) is 5.88 Å². The molecule has 1 aliphatic carbocycles. The average Bonchev–Trinajstić information content (AvgIpc) is 3.00. The van der Waals surface area contributed by atoms with Gasteiger partial charge in [0.1, 0.15) is 6.10 Å². The molecular formula is C18H20F3N3O4S. The molecule has 3 rings (SSSR count). The van der Waals surface area contributed by atoms with Crippen molar-refractivity contribution in [2.24, 2.45) is 0 Å². The Bertz CT molecular complexity index is 923. The number of alkyl halides is 3.